The van der Waals surface area contributed by atoms with Gasteiger partial charge in [-0.05, 0) is 24.6 Å². The van der Waals surface area contributed by atoms with Crippen LogP contribution in [-0.2, 0) is 14.3 Å². The van der Waals surface area contributed by atoms with Crippen LogP contribution < -0.4 is 16.0 Å². The molecule has 26 heavy (non-hydrogen) atoms. The molecule has 0 radical (unpaired) electrons. The van der Waals surface area contributed by atoms with E-state index in [1.165, 1.54) is 18.2 Å². The van der Waals surface area contributed by atoms with E-state index in [1.807, 2.05) is 12.2 Å². The number of ether oxygens (including phenoxy) is 1. The third kappa shape index (κ3) is 8.17. The second kappa shape index (κ2) is 11.3. The molecule has 4 amide bonds. The summed E-state index contributed by atoms with van der Waals surface area (Å²) in [7, 11) is 0. The fourth-order valence-corrected chi connectivity index (χ4v) is 1.97. The molecule has 0 saturated heterocycles. The van der Waals surface area contributed by atoms with Gasteiger partial charge >= 0.3 is 12.0 Å². The molecule has 0 aliphatic carbocycles. The van der Waals surface area contributed by atoms with Gasteiger partial charge in [0.05, 0.1) is 10.0 Å². The van der Waals surface area contributed by atoms with Gasteiger partial charge in [-0.15, -0.1) is 0 Å². The number of halogens is 2. The van der Waals surface area contributed by atoms with E-state index in [4.69, 9.17) is 23.2 Å². The van der Waals surface area contributed by atoms with Crippen molar-refractivity contribution < 1.29 is 23.9 Å². The van der Waals surface area contributed by atoms with Crippen LogP contribution in [0.25, 0.3) is 0 Å². The Morgan fingerprint density at radius 3 is 2.46 bits per heavy atom. The Kier molecular flexibility index (Phi) is 9.46. The highest BCUT2D eigenvalue weighted by atomic mass is 35.5. The number of benzene rings is 1. The Hall–Kier alpha value is -2.32. The number of imide groups is 1. The van der Waals surface area contributed by atoms with E-state index in [1.54, 1.807) is 0 Å². The number of urea groups is 1. The van der Waals surface area contributed by atoms with Crippen molar-refractivity contribution in [3.63, 3.8) is 0 Å². The minimum absolute atomic E-state index is 0.204. The van der Waals surface area contributed by atoms with Crippen LogP contribution in [0.3, 0.4) is 0 Å². The zero-order chi connectivity index (χ0) is 19.5. The second-order valence-corrected chi connectivity index (χ2v) is 5.94. The van der Waals surface area contributed by atoms with Crippen molar-refractivity contribution in [3.8, 4) is 0 Å². The number of esters is 1. The van der Waals surface area contributed by atoms with Crippen molar-refractivity contribution in [1.82, 2.24) is 16.0 Å². The number of nitrogens with one attached hydrogen (secondary N) is 3. The molecule has 142 valence electrons. The largest absolute Gasteiger partial charge is 0.454 e. The zero-order valence-corrected chi connectivity index (χ0v) is 15.6. The summed E-state index contributed by atoms with van der Waals surface area (Å²) in [5.74, 6) is -2.16. The van der Waals surface area contributed by atoms with Crippen LogP contribution in [0.1, 0.15) is 30.1 Å². The van der Waals surface area contributed by atoms with Gasteiger partial charge in [-0.1, -0.05) is 36.5 Å². The minimum atomic E-state index is -0.833. The first kappa shape index (κ1) is 21.7. The predicted octanol–water partition coefficient (Wildman–Crippen LogP) is 1.89. The maximum atomic E-state index is 11.9. The lowest BCUT2D eigenvalue weighted by molar-refractivity contribution is -0.147. The van der Waals surface area contributed by atoms with Crippen LogP contribution in [0, 0.1) is 0 Å². The zero-order valence-electron chi connectivity index (χ0n) is 14.1. The topological polar surface area (TPSA) is 114 Å². The number of amides is 4. The Morgan fingerprint density at radius 2 is 1.81 bits per heavy atom. The predicted molar refractivity (Wildman–Crippen MR) is 96.2 cm³/mol. The van der Waals surface area contributed by atoms with E-state index < -0.39 is 37.0 Å². The van der Waals surface area contributed by atoms with Crippen LogP contribution in [0.5, 0.6) is 0 Å². The molecule has 0 bridgehead atoms. The molecule has 0 unspecified atom stereocenters. The highest BCUT2D eigenvalue weighted by Crippen LogP contribution is 2.22. The Morgan fingerprint density at radius 1 is 1.08 bits per heavy atom. The number of hydrogen-bond acceptors (Lipinski definition) is 5. The molecule has 1 aromatic rings. The first-order valence-corrected chi connectivity index (χ1v) is 8.55. The summed E-state index contributed by atoms with van der Waals surface area (Å²) in [6.07, 6.45) is 1.69. The summed E-state index contributed by atoms with van der Waals surface area (Å²) in [6, 6.07) is 3.59. The number of unbranched alkanes of at least 4 members (excludes halogenated alkanes) is 1. The van der Waals surface area contributed by atoms with E-state index in [0.717, 1.165) is 12.8 Å². The van der Waals surface area contributed by atoms with Crippen LogP contribution in [-0.4, -0.2) is 43.5 Å². The molecule has 0 heterocycles. The number of carbonyl (C=O) groups excluding carboxylic acids is 4. The number of carbonyl (C=O) groups is 4. The smallest absolute Gasteiger partial charge is 0.325 e. The van der Waals surface area contributed by atoms with E-state index in [2.05, 4.69) is 15.4 Å². The van der Waals surface area contributed by atoms with Crippen LogP contribution >= 0.6 is 23.2 Å². The first-order chi connectivity index (χ1) is 12.3. The molecule has 0 atom stereocenters. The van der Waals surface area contributed by atoms with Gasteiger partial charge in [0, 0.05) is 12.1 Å². The number of hydrogen-bond donors (Lipinski definition) is 3. The lowest BCUT2D eigenvalue weighted by Gasteiger charge is -2.08. The summed E-state index contributed by atoms with van der Waals surface area (Å²) in [4.78, 5) is 46.2. The maximum Gasteiger partial charge on any atom is 0.325 e. The fraction of sp³-hybridized carbons (Fsp3) is 0.375. The Bertz CT molecular complexity index is 682. The molecule has 0 aliphatic rings. The monoisotopic (exact) mass is 403 g/mol. The Balaban J connectivity index is 2.29. The summed E-state index contributed by atoms with van der Waals surface area (Å²) in [6.45, 7) is 1.32. The molecule has 0 saturated carbocycles. The van der Waals surface area contributed by atoms with E-state index in [-0.39, 0.29) is 10.6 Å². The molecule has 10 heteroatoms. The van der Waals surface area contributed by atoms with Gasteiger partial charge in [-0.2, -0.15) is 0 Å². The normalized spacial score (nSPS) is 9.96. The molecule has 0 aliphatic heterocycles. The van der Waals surface area contributed by atoms with Gasteiger partial charge in [0.25, 0.3) is 11.8 Å². The SMILES string of the molecule is CCCCNC(=O)NC(=O)COC(=O)CNC(=O)c1ccc(Cl)c(Cl)c1. The van der Waals surface area contributed by atoms with Crippen molar-refractivity contribution in [2.24, 2.45) is 0 Å². The summed E-state index contributed by atoms with van der Waals surface area (Å²) >= 11 is 11.6. The van der Waals surface area contributed by atoms with Crippen molar-refractivity contribution >= 4 is 47.0 Å². The molecular formula is C16H19Cl2N3O5. The molecular weight excluding hydrogens is 385 g/mol. The van der Waals surface area contributed by atoms with E-state index in [9.17, 15) is 19.2 Å². The summed E-state index contributed by atoms with van der Waals surface area (Å²) < 4.78 is 4.67. The van der Waals surface area contributed by atoms with Crippen LogP contribution in [0.15, 0.2) is 18.2 Å². The third-order valence-corrected chi connectivity index (χ3v) is 3.75. The molecule has 1 rings (SSSR count). The van der Waals surface area contributed by atoms with Gasteiger partial charge < -0.3 is 15.4 Å². The van der Waals surface area contributed by atoms with Gasteiger partial charge in [0.1, 0.15) is 6.54 Å². The first-order valence-electron chi connectivity index (χ1n) is 7.80. The molecule has 0 aromatic heterocycles. The minimum Gasteiger partial charge on any atom is -0.454 e. The van der Waals surface area contributed by atoms with Gasteiger partial charge in [-0.3, -0.25) is 19.7 Å². The van der Waals surface area contributed by atoms with Crippen molar-refractivity contribution in [2.75, 3.05) is 19.7 Å². The third-order valence-electron chi connectivity index (χ3n) is 3.01. The van der Waals surface area contributed by atoms with Gasteiger partial charge in [0.15, 0.2) is 6.61 Å². The van der Waals surface area contributed by atoms with Crippen LogP contribution in [0.4, 0.5) is 4.79 Å². The molecule has 0 fully saturated rings. The van der Waals surface area contributed by atoms with Gasteiger partial charge in [-0.25, -0.2) is 4.79 Å². The number of rotatable bonds is 8. The van der Waals surface area contributed by atoms with Crippen molar-refractivity contribution in [1.29, 1.82) is 0 Å². The molecule has 1 aromatic carbocycles. The standard InChI is InChI=1S/C16H19Cl2N3O5/c1-2-3-6-19-16(25)21-13(22)9-26-14(23)8-20-15(24)10-4-5-11(17)12(18)7-10/h4-5,7H,2-3,6,8-9H2,1H3,(H,20,24)(H2,19,21,22,25). The maximum absolute atomic E-state index is 11.9. The molecule has 8 nitrogen and oxygen atoms in total. The van der Waals surface area contributed by atoms with Crippen molar-refractivity contribution in [3.05, 3.63) is 33.8 Å². The van der Waals surface area contributed by atoms with Crippen molar-refractivity contribution in [2.45, 2.75) is 19.8 Å². The molecule has 3 N–H and O–H groups in total. The molecule has 0 spiro atoms. The highest BCUT2D eigenvalue weighted by Gasteiger charge is 2.13. The van der Waals surface area contributed by atoms with E-state index in [0.29, 0.717) is 11.6 Å². The van der Waals surface area contributed by atoms with E-state index >= 15 is 0 Å². The van der Waals surface area contributed by atoms with Gasteiger partial charge in [0.2, 0.25) is 0 Å². The second-order valence-electron chi connectivity index (χ2n) is 5.13. The summed E-state index contributed by atoms with van der Waals surface area (Å²) in [5.41, 5.74) is 0.216. The quantitative estimate of drug-likeness (QED) is 0.452. The average Bonchev–Trinajstić information content (AvgIpc) is 2.60. The highest BCUT2D eigenvalue weighted by molar-refractivity contribution is 6.42. The van der Waals surface area contributed by atoms with Crippen LogP contribution in [0.2, 0.25) is 10.0 Å². The lowest BCUT2D eigenvalue weighted by atomic mass is 10.2. The lowest BCUT2D eigenvalue weighted by Crippen LogP contribution is -2.42. The fourth-order valence-electron chi connectivity index (χ4n) is 1.67. The Labute approximate surface area is 160 Å². The average molecular weight is 404 g/mol. The summed E-state index contributed by atoms with van der Waals surface area (Å²) in [5, 5.41) is 7.32.